The van der Waals surface area contributed by atoms with Gasteiger partial charge >= 0.3 is 5.97 Å². The first kappa shape index (κ1) is 12.7. The molecule has 3 heteroatoms. The van der Waals surface area contributed by atoms with Crippen LogP contribution in [0.4, 0.5) is 0 Å². The Bertz CT molecular complexity index is 332. The molecule has 0 aliphatic rings. The minimum Gasteiger partial charge on any atom is -0.481 e. The molecule has 0 saturated carbocycles. The number of rotatable bonds is 6. The van der Waals surface area contributed by atoms with Crippen molar-refractivity contribution in [2.45, 2.75) is 32.1 Å². The largest absolute Gasteiger partial charge is 0.481 e. The molecule has 0 aromatic heterocycles. The van der Waals surface area contributed by atoms with Gasteiger partial charge < -0.3 is 10.8 Å². The van der Waals surface area contributed by atoms with E-state index in [1.165, 1.54) is 5.56 Å². The summed E-state index contributed by atoms with van der Waals surface area (Å²) in [6.45, 7) is 2.62. The van der Waals surface area contributed by atoms with E-state index in [1.807, 2.05) is 24.3 Å². The Morgan fingerprint density at radius 3 is 2.44 bits per heavy atom. The molecule has 3 nitrogen and oxygen atoms in total. The third-order valence-corrected chi connectivity index (χ3v) is 2.79. The second-order valence-corrected chi connectivity index (χ2v) is 3.92. The van der Waals surface area contributed by atoms with Gasteiger partial charge in [-0.25, -0.2) is 0 Å². The number of hydrogen-bond donors (Lipinski definition) is 2. The summed E-state index contributed by atoms with van der Waals surface area (Å²) in [5.41, 5.74) is 7.51. The summed E-state index contributed by atoms with van der Waals surface area (Å²) in [5, 5.41) is 9.14. The van der Waals surface area contributed by atoms with Crippen molar-refractivity contribution < 1.29 is 9.90 Å². The summed E-state index contributed by atoms with van der Waals surface area (Å²) in [7, 11) is 0. The van der Waals surface area contributed by atoms with Crippen LogP contribution in [-0.4, -0.2) is 17.6 Å². The third kappa shape index (κ3) is 3.35. The van der Waals surface area contributed by atoms with Gasteiger partial charge in [-0.15, -0.1) is 0 Å². The molecular formula is C13H19NO2. The van der Waals surface area contributed by atoms with Crippen molar-refractivity contribution in [2.24, 2.45) is 5.73 Å². The van der Waals surface area contributed by atoms with Crippen molar-refractivity contribution >= 4 is 5.97 Å². The van der Waals surface area contributed by atoms with Crippen molar-refractivity contribution in [2.75, 3.05) is 6.54 Å². The molecule has 1 aromatic rings. The Balaban J connectivity index is 2.79. The van der Waals surface area contributed by atoms with Crippen LogP contribution < -0.4 is 5.73 Å². The van der Waals surface area contributed by atoms with Crippen LogP contribution in [0, 0.1) is 0 Å². The number of carboxylic acid groups (broad SMARTS) is 1. The first-order valence-electron chi connectivity index (χ1n) is 5.70. The number of nitrogens with two attached hydrogens (primary N) is 1. The van der Waals surface area contributed by atoms with Gasteiger partial charge in [0.25, 0.3) is 0 Å². The summed E-state index contributed by atoms with van der Waals surface area (Å²) >= 11 is 0. The molecule has 16 heavy (non-hydrogen) atoms. The first-order chi connectivity index (χ1) is 7.69. The van der Waals surface area contributed by atoms with Gasteiger partial charge in [0, 0.05) is 0 Å². The first-order valence-corrected chi connectivity index (χ1v) is 5.70. The quantitative estimate of drug-likeness (QED) is 0.773. The molecule has 0 heterocycles. The number of carbonyl (C=O) groups is 1. The number of benzene rings is 1. The average molecular weight is 221 g/mol. The fourth-order valence-electron chi connectivity index (χ4n) is 1.74. The van der Waals surface area contributed by atoms with Crippen LogP contribution in [0.3, 0.4) is 0 Å². The minimum atomic E-state index is -0.766. The maximum absolute atomic E-state index is 11.1. The van der Waals surface area contributed by atoms with Crippen molar-refractivity contribution in [3.05, 3.63) is 35.4 Å². The zero-order valence-electron chi connectivity index (χ0n) is 9.65. The van der Waals surface area contributed by atoms with E-state index in [4.69, 9.17) is 10.8 Å². The van der Waals surface area contributed by atoms with Gasteiger partial charge in [-0.2, -0.15) is 0 Å². The van der Waals surface area contributed by atoms with Crippen LogP contribution in [-0.2, 0) is 11.2 Å². The van der Waals surface area contributed by atoms with Crippen LogP contribution in [0.5, 0.6) is 0 Å². The predicted molar refractivity (Wildman–Crippen MR) is 64.5 cm³/mol. The molecule has 1 unspecified atom stereocenters. The molecule has 0 amide bonds. The van der Waals surface area contributed by atoms with Gasteiger partial charge in [-0.1, -0.05) is 31.2 Å². The lowest BCUT2D eigenvalue weighted by Crippen LogP contribution is -2.13. The molecule has 1 rings (SSSR count). The van der Waals surface area contributed by atoms with Crippen LogP contribution in [0.25, 0.3) is 0 Å². The van der Waals surface area contributed by atoms with E-state index in [0.717, 1.165) is 18.4 Å². The normalized spacial score (nSPS) is 12.4. The van der Waals surface area contributed by atoms with E-state index in [2.05, 4.69) is 6.92 Å². The highest BCUT2D eigenvalue weighted by Crippen LogP contribution is 2.22. The van der Waals surface area contributed by atoms with Gasteiger partial charge in [-0.3, -0.25) is 4.79 Å². The van der Waals surface area contributed by atoms with Crippen LogP contribution in [0.1, 0.15) is 36.8 Å². The Labute approximate surface area is 96.3 Å². The zero-order valence-corrected chi connectivity index (χ0v) is 9.65. The van der Waals surface area contributed by atoms with Crippen LogP contribution in [0.2, 0.25) is 0 Å². The van der Waals surface area contributed by atoms with Crippen molar-refractivity contribution in [1.29, 1.82) is 0 Å². The lowest BCUT2D eigenvalue weighted by molar-refractivity contribution is -0.139. The second-order valence-electron chi connectivity index (χ2n) is 3.92. The van der Waals surface area contributed by atoms with Gasteiger partial charge in [0.15, 0.2) is 0 Å². The Morgan fingerprint density at radius 1 is 1.38 bits per heavy atom. The number of aliphatic carboxylic acids is 1. The maximum Gasteiger partial charge on any atom is 0.310 e. The van der Waals surface area contributed by atoms with Gasteiger partial charge in [-0.05, 0) is 36.9 Å². The maximum atomic E-state index is 11.1. The van der Waals surface area contributed by atoms with Crippen LogP contribution in [0.15, 0.2) is 24.3 Å². The molecule has 0 bridgehead atoms. The zero-order chi connectivity index (χ0) is 12.0. The topological polar surface area (TPSA) is 63.3 Å². The number of hydrogen-bond acceptors (Lipinski definition) is 2. The number of carboxylic acids is 1. The van der Waals surface area contributed by atoms with E-state index in [-0.39, 0.29) is 0 Å². The summed E-state index contributed by atoms with van der Waals surface area (Å²) in [5.74, 6) is -1.19. The van der Waals surface area contributed by atoms with E-state index in [9.17, 15) is 4.79 Å². The van der Waals surface area contributed by atoms with E-state index in [0.29, 0.717) is 13.0 Å². The fourth-order valence-corrected chi connectivity index (χ4v) is 1.74. The highest BCUT2D eigenvalue weighted by Gasteiger charge is 2.18. The van der Waals surface area contributed by atoms with E-state index in [1.54, 1.807) is 0 Å². The molecule has 1 aromatic carbocycles. The highest BCUT2D eigenvalue weighted by atomic mass is 16.4. The lowest BCUT2D eigenvalue weighted by Gasteiger charge is -2.12. The van der Waals surface area contributed by atoms with Crippen molar-refractivity contribution in [1.82, 2.24) is 0 Å². The molecule has 0 fully saturated rings. The SMILES string of the molecule is CCc1ccc(C(CCCN)C(=O)O)cc1. The summed E-state index contributed by atoms with van der Waals surface area (Å²) in [6.07, 6.45) is 2.32. The van der Waals surface area contributed by atoms with Gasteiger partial charge in [0.2, 0.25) is 0 Å². The standard InChI is InChI=1S/C13H19NO2/c1-2-10-5-7-11(8-6-10)12(13(15)16)4-3-9-14/h5-8,12H,2-4,9,14H2,1H3,(H,15,16). The smallest absolute Gasteiger partial charge is 0.310 e. The molecule has 0 aliphatic carbocycles. The Morgan fingerprint density at radius 2 is 2.00 bits per heavy atom. The van der Waals surface area contributed by atoms with Gasteiger partial charge in [0.1, 0.15) is 0 Å². The molecule has 0 saturated heterocycles. The Hall–Kier alpha value is -1.35. The highest BCUT2D eigenvalue weighted by molar-refractivity contribution is 5.76. The number of aryl methyl sites for hydroxylation is 1. The molecule has 0 spiro atoms. The third-order valence-electron chi connectivity index (χ3n) is 2.79. The van der Waals surface area contributed by atoms with Gasteiger partial charge in [0.05, 0.1) is 5.92 Å². The summed E-state index contributed by atoms with van der Waals surface area (Å²) in [6, 6.07) is 7.81. The second kappa shape index (κ2) is 6.28. The monoisotopic (exact) mass is 221 g/mol. The summed E-state index contributed by atoms with van der Waals surface area (Å²) < 4.78 is 0. The molecule has 3 N–H and O–H groups in total. The fraction of sp³-hybridized carbons (Fsp3) is 0.462. The van der Waals surface area contributed by atoms with Crippen LogP contribution >= 0.6 is 0 Å². The van der Waals surface area contributed by atoms with E-state index >= 15 is 0 Å². The lowest BCUT2D eigenvalue weighted by atomic mass is 9.93. The van der Waals surface area contributed by atoms with E-state index < -0.39 is 11.9 Å². The molecule has 1 atom stereocenters. The van der Waals surface area contributed by atoms with Crippen molar-refractivity contribution in [3.63, 3.8) is 0 Å². The molecular weight excluding hydrogens is 202 g/mol. The average Bonchev–Trinajstić information content (AvgIpc) is 2.30. The predicted octanol–water partition coefficient (Wildman–Crippen LogP) is 2.16. The molecule has 0 radical (unpaired) electrons. The molecule has 0 aliphatic heterocycles. The summed E-state index contributed by atoms with van der Waals surface area (Å²) in [4.78, 5) is 11.1. The Kier molecular flexibility index (Phi) is 4.99. The molecule has 88 valence electrons. The van der Waals surface area contributed by atoms with Crippen molar-refractivity contribution in [3.8, 4) is 0 Å². The minimum absolute atomic E-state index is 0.422.